The van der Waals surface area contributed by atoms with Crippen LogP contribution in [0.3, 0.4) is 0 Å². The highest BCUT2D eigenvalue weighted by Gasteiger charge is 2.21. The van der Waals surface area contributed by atoms with Crippen molar-refractivity contribution in [2.45, 2.75) is 129 Å². The van der Waals surface area contributed by atoms with Crippen molar-refractivity contribution in [1.29, 1.82) is 0 Å². The Labute approximate surface area is 156 Å². The molecule has 2 N–H and O–H groups in total. The Morgan fingerprint density at radius 3 is 1.28 bits per heavy atom. The lowest BCUT2D eigenvalue weighted by atomic mass is 10.0. The molecule has 0 heterocycles. The van der Waals surface area contributed by atoms with Crippen molar-refractivity contribution in [3.63, 3.8) is 0 Å². The van der Waals surface area contributed by atoms with Crippen LogP contribution in [0.2, 0.25) is 0 Å². The molecule has 1 atom stereocenters. The van der Waals surface area contributed by atoms with Crippen molar-refractivity contribution in [2.75, 3.05) is 0 Å². The van der Waals surface area contributed by atoms with Gasteiger partial charge >= 0.3 is 7.82 Å². The molecule has 152 valence electrons. The lowest BCUT2D eigenvalue weighted by molar-refractivity contribution is 0.115. The van der Waals surface area contributed by atoms with E-state index in [0.29, 0.717) is 0 Å². The van der Waals surface area contributed by atoms with E-state index in [1.54, 1.807) is 0 Å². The molecule has 0 rings (SSSR count). The van der Waals surface area contributed by atoms with Crippen LogP contribution in [-0.2, 0) is 9.09 Å². The minimum Gasteiger partial charge on any atom is -0.303 e. The normalized spacial score (nSPS) is 13.3. The summed E-state index contributed by atoms with van der Waals surface area (Å²) in [7, 11) is -4.37. The Morgan fingerprint density at radius 1 is 0.640 bits per heavy atom. The maximum absolute atomic E-state index is 11.2. The zero-order valence-electron chi connectivity index (χ0n) is 16.8. The summed E-state index contributed by atoms with van der Waals surface area (Å²) in [5, 5.41) is 0. The van der Waals surface area contributed by atoms with E-state index in [2.05, 4.69) is 13.8 Å². The van der Waals surface area contributed by atoms with Gasteiger partial charge in [0, 0.05) is 0 Å². The molecule has 0 aliphatic rings. The van der Waals surface area contributed by atoms with E-state index in [0.717, 1.165) is 38.5 Å². The third-order valence-electron chi connectivity index (χ3n) is 4.80. The second kappa shape index (κ2) is 17.5. The van der Waals surface area contributed by atoms with Crippen molar-refractivity contribution in [3.8, 4) is 0 Å². The van der Waals surface area contributed by atoms with Gasteiger partial charge in [-0.05, 0) is 12.8 Å². The molecule has 0 radical (unpaired) electrons. The molecule has 0 aliphatic heterocycles. The van der Waals surface area contributed by atoms with E-state index in [1.807, 2.05) is 0 Å². The summed E-state index contributed by atoms with van der Waals surface area (Å²) >= 11 is 0. The van der Waals surface area contributed by atoms with E-state index in [-0.39, 0.29) is 6.10 Å². The molecule has 0 aliphatic carbocycles. The molecule has 0 amide bonds. The molecule has 0 saturated carbocycles. The van der Waals surface area contributed by atoms with E-state index in [1.165, 1.54) is 70.6 Å². The van der Waals surface area contributed by atoms with Crippen LogP contribution in [-0.4, -0.2) is 15.9 Å². The summed E-state index contributed by atoms with van der Waals surface area (Å²) in [6.07, 6.45) is 19.7. The van der Waals surface area contributed by atoms with Crippen LogP contribution in [0.4, 0.5) is 0 Å². The molecule has 0 fully saturated rings. The Balaban J connectivity index is 3.77. The first-order valence-corrected chi connectivity index (χ1v) is 12.3. The van der Waals surface area contributed by atoms with Crippen LogP contribution in [0.25, 0.3) is 0 Å². The predicted molar refractivity (Wildman–Crippen MR) is 107 cm³/mol. The van der Waals surface area contributed by atoms with Crippen molar-refractivity contribution in [1.82, 2.24) is 0 Å². The molecule has 0 saturated heterocycles. The molecule has 0 aromatic carbocycles. The zero-order valence-corrected chi connectivity index (χ0v) is 17.7. The fourth-order valence-corrected chi connectivity index (χ4v) is 3.88. The molecule has 4 nitrogen and oxygen atoms in total. The Hall–Kier alpha value is 0.110. The topological polar surface area (TPSA) is 66.8 Å². The third-order valence-corrected chi connectivity index (χ3v) is 5.37. The van der Waals surface area contributed by atoms with Crippen LogP contribution < -0.4 is 0 Å². The number of unbranched alkanes of at least 4 members (excludes halogenated alkanes) is 13. The van der Waals surface area contributed by atoms with Crippen LogP contribution in [0.1, 0.15) is 123 Å². The monoisotopic (exact) mass is 378 g/mol. The number of phosphoric acid groups is 1. The van der Waals surface area contributed by atoms with E-state index >= 15 is 0 Å². The summed E-state index contributed by atoms with van der Waals surface area (Å²) in [6.45, 7) is 4.45. The second-order valence-electron chi connectivity index (χ2n) is 7.39. The summed E-state index contributed by atoms with van der Waals surface area (Å²) in [6, 6.07) is 0. The number of hydrogen-bond donors (Lipinski definition) is 2. The van der Waals surface area contributed by atoms with Crippen molar-refractivity contribution in [2.24, 2.45) is 0 Å². The predicted octanol–water partition coefficient (Wildman–Crippen LogP) is 7.14. The second-order valence-corrected chi connectivity index (χ2v) is 8.58. The van der Waals surface area contributed by atoms with E-state index in [9.17, 15) is 4.57 Å². The number of hydrogen-bond acceptors (Lipinski definition) is 2. The van der Waals surface area contributed by atoms with E-state index < -0.39 is 7.82 Å². The minimum absolute atomic E-state index is 0.281. The third kappa shape index (κ3) is 20.3. The number of phosphoric ester groups is 1. The van der Waals surface area contributed by atoms with Gasteiger partial charge in [-0.2, -0.15) is 0 Å². The van der Waals surface area contributed by atoms with Crippen LogP contribution in [0, 0.1) is 0 Å². The first-order valence-electron chi connectivity index (χ1n) is 10.7. The average Bonchev–Trinajstić information content (AvgIpc) is 2.54. The molecule has 0 aromatic heterocycles. The summed E-state index contributed by atoms with van der Waals surface area (Å²) in [5.41, 5.74) is 0. The van der Waals surface area contributed by atoms with E-state index in [4.69, 9.17) is 14.3 Å². The van der Waals surface area contributed by atoms with Gasteiger partial charge < -0.3 is 9.79 Å². The summed E-state index contributed by atoms with van der Waals surface area (Å²) < 4.78 is 16.2. The molecular weight excluding hydrogens is 335 g/mol. The highest BCUT2D eigenvalue weighted by Crippen LogP contribution is 2.39. The van der Waals surface area contributed by atoms with Gasteiger partial charge in [0.1, 0.15) is 0 Å². The molecule has 0 spiro atoms. The lowest BCUT2D eigenvalue weighted by Gasteiger charge is -2.18. The highest BCUT2D eigenvalue weighted by molar-refractivity contribution is 7.46. The number of rotatable bonds is 19. The summed E-state index contributed by atoms with van der Waals surface area (Å²) in [5.74, 6) is 0. The van der Waals surface area contributed by atoms with Gasteiger partial charge in [0.05, 0.1) is 6.10 Å². The van der Waals surface area contributed by atoms with Gasteiger partial charge in [0.25, 0.3) is 0 Å². The maximum atomic E-state index is 11.2. The fourth-order valence-electron chi connectivity index (χ4n) is 3.28. The molecule has 1 unspecified atom stereocenters. The van der Waals surface area contributed by atoms with Crippen molar-refractivity contribution in [3.05, 3.63) is 0 Å². The molecule has 0 bridgehead atoms. The van der Waals surface area contributed by atoms with Gasteiger partial charge in [-0.3, -0.25) is 4.52 Å². The molecule has 5 heteroatoms. The average molecular weight is 379 g/mol. The fraction of sp³-hybridized carbons (Fsp3) is 1.00. The van der Waals surface area contributed by atoms with Crippen molar-refractivity contribution < 1.29 is 18.9 Å². The minimum atomic E-state index is -4.37. The standard InChI is InChI=1S/C20H43O4P/c1-3-5-7-9-11-13-15-17-19-20(24-25(21,22)23)18-16-14-12-10-8-6-4-2/h20H,3-19H2,1-2H3,(H2,21,22,23). The van der Waals surface area contributed by atoms with Gasteiger partial charge in [-0.1, -0.05) is 110 Å². The largest absolute Gasteiger partial charge is 0.469 e. The first kappa shape index (κ1) is 25.1. The lowest BCUT2D eigenvalue weighted by Crippen LogP contribution is -2.11. The smallest absolute Gasteiger partial charge is 0.303 e. The molecule has 25 heavy (non-hydrogen) atoms. The molecular formula is C20H43O4P. The van der Waals surface area contributed by atoms with Gasteiger partial charge in [-0.25, -0.2) is 4.57 Å². The highest BCUT2D eigenvalue weighted by atomic mass is 31.2. The van der Waals surface area contributed by atoms with Crippen LogP contribution in [0.5, 0.6) is 0 Å². The summed E-state index contributed by atoms with van der Waals surface area (Å²) in [4.78, 5) is 18.2. The van der Waals surface area contributed by atoms with Crippen LogP contribution in [0.15, 0.2) is 0 Å². The van der Waals surface area contributed by atoms with Gasteiger partial charge in [0.2, 0.25) is 0 Å². The maximum Gasteiger partial charge on any atom is 0.469 e. The Bertz CT molecular complexity index is 317. The Kier molecular flexibility index (Phi) is 17.6. The SMILES string of the molecule is CCCCCCCCCCC(CCCCCCCCC)OP(=O)(O)O. The first-order chi connectivity index (χ1) is 12.0. The van der Waals surface area contributed by atoms with Crippen molar-refractivity contribution >= 4 is 7.82 Å². The zero-order chi connectivity index (χ0) is 18.8. The van der Waals surface area contributed by atoms with Gasteiger partial charge in [0.15, 0.2) is 0 Å². The quantitative estimate of drug-likeness (QED) is 0.185. The molecule has 0 aromatic rings. The Morgan fingerprint density at radius 2 is 0.960 bits per heavy atom. The van der Waals surface area contributed by atoms with Crippen LogP contribution >= 0.6 is 7.82 Å². The van der Waals surface area contributed by atoms with Gasteiger partial charge in [-0.15, -0.1) is 0 Å².